The number of carbonyl (C=O) groups excluding carboxylic acids is 1. The summed E-state index contributed by atoms with van der Waals surface area (Å²) in [7, 11) is 0. The number of benzene rings is 2. The minimum absolute atomic E-state index is 0.0173. The number of carbonyl (C=O) groups is 1. The highest BCUT2D eigenvalue weighted by atomic mass is 16.7. The van der Waals surface area contributed by atoms with Crippen LogP contribution < -0.4 is 14.8 Å². The quantitative estimate of drug-likeness (QED) is 0.513. The molecular formula is C18H16N2O5. The topological polar surface area (TPSA) is 90.7 Å². The van der Waals surface area contributed by atoms with Crippen LogP contribution in [0.3, 0.4) is 0 Å². The fourth-order valence-electron chi connectivity index (χ4n) is 2.44. The van der Waals surface area contributed by atoms with Crippen molar-refractivity contribution in [3.8, 4) is 11.5 Å². The molecule has 1 amide bonds. The van der Waals surface area contributed by atoms with Gasteiger partial charge in [0.05, 0.1) is 11.0 Å². The predicted molar refractivity (Wildman–Crippen MR) is 91.3 cm³/mol. The second kappa shape index (κ2) is 7.04. The molecule has 0 spiro atoms. The van der Waals surface area contributed by atoms with E-state index in [-0.39, 0.29) is 24.4 Å². The van der Waals surface area contributed by atoms with Gasteiger partial charge >= 0.3 is 0 Å². The first-order valence-electron chi connectivity index (χ1n) is 7.65. The predicted octanol–water partition coefficient (Wildman–Crippen LogP) is 3.21. The average molecular weight is 340 g/mol. The zero-order valence-electron chi connectivity index (χ0n) is 13.5. The third-order valence-corrected chi connectivity index (χ3v) is 3.76. The number of hydrogen-bond acceptors (Lipinski definition) is 5. The molecule has 1 aliphatic heterocycles. The maximum Gasteiger partial charge on any atom is 0.270 e. The Morgan fingerprint density at radius 2 is 2.04 bits per heavy atom. The van der Waals surface area contributed by atoms with Crippen LogP contribution in [0.1, 0.15) is 24.1 Å². The van der Waals surface area contributed by atoms with Gasteiger partial charge < -0.3 is 14.8 Å². The number of non-ortho nitro benzene ring substituents is 1. The molecule has 25 heavy (non-hydrogen) atoms. The Balaban J connectivity index is 1.64. The third kappa shape index (κ3) is 3.95. The van der Waals surface area contributed by atoms with Crippen molar-refractivity contribution in [2.45, 2.75) is 13.0 Å². The molecule has 1 heterocycles. The monoisotopic (exact) mass is 340 g/mol. The van der Waals surface area contributed by atoms with Crippen molar-refractivity contribution in [1.29, 1.82) is 0 Å². The molecule has 2 aromatic carbocycles. The number of nitrogens with zero attached hydrogens (tertiary/aromatic N) is 1. The van der Waals surface area contributed by atoms with Crippen molar-refractivity contribution >= 4 is 17.7 Å². The summed E-state index contributed by atoms with van der Waals surface area (Å²) >= 11 is 0. The zero-order chi connectivity index (χ0) is 17.8. The molecule has 1 unspecified atom stereocenters. The number of rotatable bonds is 5. The Morgan fingerprint density at radius 1 is 1.24 bits per heavy atom. The van der Waals surface area contributed by atoms with Crippen LogP contribution in [0.15, 0.2) is 48.5 Å². The minimum Gasteiger partial charge on any atom is -0.454 e. The number of fused-ring (bicyclic) bond motifs is 1. The van der Waals surface area contributed by atoms with Crippen molar-refractivity contribution in [3.63, 3.8) is 0 Å². The van der Waals surface area contributed by atoms with Crippen LogP contribution in [-0.4, -0.2) is 17.6 Å². The van der Waals surface area contributed by atoms with Gasteiger partial charge in [0.25, 0.3) is 5.69 Å². The highest BCUT2D eigenvalue weighted by Gasteiger charge is 2.16. The van der Waals surface area contributed by atoms with E-state index in [1.54, 1.807) is 18.2 Å². The summed E-state index contributed by atoms with van der Waals surface area (Å²) in [6, 6.07) is 11.4. The molecule has 0 saturated carbocycles. The Kier molecular flexibility index (Phi) is 4.65. The fourth-order valence-corrected chi connectivity index (χ4v) is 2.44. The fraction of sp³-hybridized carbons (Fsp3) is 0.167. The second-order valence-corrected chi connectivity index (χ2v) is 5.53. The third-order valence-electron chi connectivity index (χ3n) is 3.76. The molecule has 1 atom stereocenters. The van der Waals surface area contributed by atoms with Gasteiger partial charge in [-0.05, 0) is 36.3 Å². The smallest absolute Gasteiger partial charge is 0.270 e. The van der Waals surface area contributed by atoms with E-state index in [0.717, 1.165) is 5.56 Å². The first kappa shape index (κ1) is 16.5. The van der Waals surface area contributed by atoms with Crippen molar-refractivity contribution in [2.24, 2.45) is 0 Å². The lowest BCUT2D eigenvalue weighted by Gasteiger charge is -2.13. The van der Waals surface area contributed by atoms with Crippen molar-refractivity contribution in [3.05, 3.63) is 69.8 Å². The van der Waals surface area contributed by atoms with Crippen LogP contribution in [0, 0.1) is 10.1 Å². The van der Waals surface area contributed by atoms with Crippen LogP contribution in [-0.2, 0) is 4.79 Å². The van der Waals surface area contributed by atoms with Crippen LogP contribution in [0.25, 0.3) is 6.08 Å². The lowest BCUT2D eigenvalue weighted by molar-refractivity contribution is -0.384. The SMILES string of the molecule is CC(NC(=O)/C=C/c1cccc([N+](=O)[O-])c1)c1ccc2c(c1)OCO2. The molecule has 128 valence electrons. The van der Waals surface area contributed by atoms with Gasteiger partial charge in [-0.15, -0.1) is 0 Å². The van der Waals surface area contributed by atoms with E-state index in [2.05, 4.69) is 5.32 Å². The molecule has 3 rings (SSSR count). The summed E-state index contributed by atoms with van der Waals surface area (Å²) < 4.78 is 10.6. The van der Waals surface area contributed by atoms with E-state index in [0.29, 0.717) is 17.1 Å². The van der Waals surface area contributed by atoms with Gasteiger partial charge in [-0.2, -0.15) is 0 Å². The maximum absolute atomic E-state index is 12.1. The zero-order valence-corrected chi connectivity index (χ0v) is 13.5. The van der Waals surface area contributed by atoms with Crippen LogP contribution in [0.4, 0.5) is 5.69 Å². The standard InChI is InChI=1S/C18H16N2O5/c1-12(14-6-7-16-17(10-14)25-11-24-16)19-18(21)8-5-13-3-2-4-15(9-13)20(22)23/h2-10,12H,11H2,1H3,(H,19,21)/b8-5+. The molecule has 7 heteroatoms. The van der Waals surface area contributed by atoms with Gasteiger partial charge in [0.2, 0.25) is 12.7 Å². The lowest BCUT2D eigenvalue weighted by atomic mass is 10.1. The number of nitro benzene ring substituents is 1. The molecule has 0 aromatic heterocycles. The van der Waals surface area contributed by atoms with Gasteiger partial charge in [-0.1, -0.05) is 18.2 Å². The molecule has 0 saturated heterocycles. The van der Waals surface area contributed by atoms with E-state index in [4.69, 9.17) is 9.47 Å². The van der Waals surface area contributed by atoms with E-state index < -0.39 is 4.92 Å². The molecule has 0 fully saturated rings. The van der Waals surface area contributed by atoms with Gasteiger partial charge in [-0.3, -0.25) is 14.9 Å². The first-order valence-corrected chi connectivity index (χ1v) is 7.65. The number of nitro groups is 1. The lowest BCUT2D eigenvalue weighted by Crippen LogP contribution is -2.24. The van der Waals surface area contributed by atoms with Crippen LogP contribution in [0.5, 0.6) is 11.5 Å². The molecule has 7 nitrogen and oxygen atoms in total. The number of hydrogen-bond donors (Lipinski definition) is 1. The molecule has 0 bridgehead atoms. The largest absolute Gasteiger partial charge is 0.454 e. The van der Waals surface area contributed by atoms with Gasteiger partial charge in [0.1, 0.15) is 0 Å². The minimum atomic E-state index is -0.473. The Hall–Kier alpha value is -3.35. The van der Waals surface area contributed by atoms with Crippen molar-refractivity contribution in [2.75, 3.05) is 6.79 Å². The molecule has 0 aliphatic carbocycles. The molecule has 1 N–H and O–H groups in total. The summed E-state index contributed by atoms with van der Waals surface area (Å²) in [5, 5.41) is 13.6. The van der Waals surface area contributed by atoms with E-state index >= 15 is 0 Å². The van der Waals surface area contributed by atoms with Crippen molar-refractivity contribution < 1.29 is 19.2 Å². The number of ether oxygens (including phenoxy) is 2. The Labute approximate surface area is 144 Å². The number of nitrogens with one attached hydrogen (secondary N) is 1. The van der Waals surface area contributed by atoms with Gasteiger partial charge in [-0.25, -0.2) is 0 Å². The molecule has 2 aromatic rings. The van der Waals surface area contributed by atoms with E-state index in [9.17, 15) is 14.9 Å². The summed E-state index contributed by atoms with van der Waals surface area (Å²) in [6.45, 7) is 2.06. The maximum atomic E-state index is 12.1. The summed E-state index contributed by atoms with van der Waals surface area (Å²) in [6.07, 6.45) is 2.89. The summed E-state index contributed by atoms with van der Waals surface area (Å²) in [4.78, 5) is 22.3. The highest BCUT2D eigenvalue weighted by molar-refractivity contribution is 5.92. The average Bonchev–Trinajstić information content (AvgIpc) is 3.07. The van der Waals surface area contributed by atoms with Gasteiger partial charge in [0, 0.05) is 18.2 Å². The van der Waals surface area contributed by atoms with Crippen molar-refractivity contribution in [1.82, 2.24) is 5.32 Å². The first-order chi connectivity index (χ1) is 12.0. The van der Waals surface area contributed by atoms with Gasteiger partial charge in [0.15, 0.2) is 11.5 Å². The normalized spacial score (nSPS) is 13.6. The van der Waals surface area contributed by atoms with E-state index in [1.165, 1.54) is 24.3 Å². The Morgan fingerprint density at radius 3 is 2.84 bits per heavy atom. The molecule has 0 radical (unpaired) electrons. The van der Waals surface area contributed by atoms with Crippen LogP contribution >= 0.6 is 0 Å². The summed E-state index contributed by atoms with van der Waals surface area (Å²) in [5.74, 6) is 1.05. The molecular weight excluding hydrogens is 324 g/mol. The molecule has 1 aliphatic rings. The highest BCUT2D eigenvalue weighted by Crippen LogP contribution is 2.34. The number of amides is 1. The Bertz CT molecular complexity index is 847. The second-order valence-electron chi connectivity index (χ2n) is 5.53. The van der Waals surface area contributed by atoms with Crippen LogP contribution in [0.2, 0.25) is 0 Å². The summed E-state index contributed by atoms with van der Waals surface area (Å²) in [5.41, 5.74) is 1.46. The van der Waals surface area contributed by atoms with E-state index in [1.807, 2.05) is 19.1 Å².